The Morgan fingerprint density at radius 2 is 1.61 bits per heavy atom. The number of H-pyrrole nitrogens is 1. The summed E-state index contributed by atoms with van der Waals surface area (Å²) in [5.74, 6) is 0.717. The van der Waals surface area contributed by atoms with Crippen LogP contribution in [-0.2, 0) is 0 Å². The van der Waals surface area contributed by atoms with Gasteiger partial charge in [0.05, 0.1) is 22.8 Å². The number of carbonyl (C=O) groups is 1. The molecule has 6 heteroatoms. The molecule has 0 spiro atoms. The Hall–Kier alpha value is -3.93. The Bertz CT molecular complexity index is 1150. The van der Waals surface area contributed by atoms with Crippen molar-refractivity contribution in [2.45, 2.75) is 6.04 Å². The van der Waals surface area contributed by atoms with Gasteiger partial charge in [-0.25, -0.2) is 9.78 Å². The summed E-state index contributed by atoms with van der Waals surface area (Å²) in [5, 5.41) is 6.01. The molecule has 2 aromatic heterocycles. The molecule has 4 aromatic rings. The molecule has 0 saturated heterocycles. The van der Waals surface area contributed by atoms with Gasteiger partial charge in [0, 0.05) is 18.0 Å². The van der Waals surface area contributed by atoms with Crippen molar-refractivity contribution in [2.75, 3.05) is 0 Å². The largest absolute Gasteiger partial charge is 0.338 e. The van der Waals surface area contributed by atoms with E-state index in [1.807, 2.05) is 66.7 Å². The summed E-state index contributed by atoms with van der Waals surface area (Å²) in [6.45, 7) is 0. The van der Waals surface area contributed by atoms with Gasteiger partial charge in [0.25, 0.3) is 0 Å². The van der Waals surface area contributed by atoms with Crippen LogP contribution in [0.1, 0.15) is 23.0 Å². The lowest BCUT2D eigenvalue weighted by Crippen LogP contribution is -2.43. The monoisotopic (exact) mass is 367 g/mol. The van der Waals surface area contributed by atoms with Crippen molar-refractivity contribution in [3.63, 3.8) is 0 Å². The van der Waals surface area contributed by atoms with Crippen molar-refractivity contribution >= 4 is 28.3 Å². The minimum atomic E-state index is -0.354. The summed E-state index contributed by atoms with van der Waals surface area (Å²) in [6, 6.07) is 20.9. The fourth-order valence-corrected chi connectivity index (χ4v) is 3.54. The number of rotatable bonds is 3. The number of hydrogen-bond donors (Lipinski definition) is 3. The van der Waals surface area contributed by atoms with Gasteiger partial charge < -0.3 is 15.6 Å². The molecule has 1 atom stereocenters. The maximum atomic E-state index is 12.5. The molecule has 0 fully saturated rings. The minimum Gasteiger partial charge on any atom is -0.338 e. The topological polar surface area (TPSA) is 82.7 Å². The molecule has 3 N–H and O–H groups in total. The van der Waals surface area contributed by atoms with Crippen LogP contribution in [0.15, 0.2) is 79.1 Å². The molecule has 0 radical (unpaired) electrons. The molecular formula is C22H17N5O. The van der Waals surface area contributed by atoms with E-state index in [1.165, 1.54) is 0 Å². The molecule has 0 saturated carbocycles. The Morgan fingerprint density at radius 3 is 2.39 bits per heavy atom. The van der Waals surface area contributed by atoms with Crippen LogP contribution < -0.4 is 10.6 Å². The number of urea groups is 1. The first-order chi connectivity index (χ1) is 13.8. The summed E-state index contributed by atoms with van der Waals surface area (Å²) in [4.78, 5) is 24.8. The molecular weight excluding hydrogens is 350 g/mol. The fourth-order valence-electron chi connectivity index (χ4n) is 3.54. The van der Waals surface area contributed by atoms with Gasteiger partial charge in [0.1, 0.15) is 5.82 Å². The lowest BCUT2D eigenvalue weighted by molar-refractivity contribution is 0.242. The number of nitrogens with one attached hydrogen (secondary N) is 3. The van der Waals surface area contributed by atoms with Crippen LogP contribution in [0.25, 0.3) is 22.3 Å². The van der Waals surface area contributed by atoms with Crippen molar-refractivity contribution in [3.05, 3.63) is 96.1 Å². The average Bonchev–Trinajstić information content (AvgIpc) is 3.18. The van der Waals surface area contributed by atoms with E-state index in [9.17, 15) is 4.79 Å². The first-order valence-corrected chi connectivity index (χ1v) is 9.02. The van der Waals surface area contributed by atoms with Gasteiger partial charge in [0.15, 0.2) is 0 Å². The Morgan fingerprint density at radius 1 is 0.857 bits per heavy atom. The summed E-state index contributed by atoms with van der Waals surface area (Å²) in [6.07, 6.45) is 3.45. The third-order valence-electron chi connectivity index (χ3n) is 4.82. The highest BCUT2D eigenvalue weighted by Crippen LogP contribution is 2.37. The maximum absolute atomic E-state index is 12.5. The molecule has 6 nitrogen and oxygen atoms in total. The lowest BCUT2D eigenvalue weighted by atomic mass is 9.93. The highest BCUT2D eigenvalue weighted by Gasteiger charge is 2.31. The van der Waals surface area contributed by atoms with Gasteiger partial charge >= 0.3 is 6.03 Å². The number of fused-ring (bicyclic) bond motifs is 1. The number of aromatic amines is 1. The predicted octanol–water partition coefficient (Wildman–Crippen LogP) is 3.88. The standard InChI is InChI=1S/C22H17N5O/c28-22-26-19(14-6-2-1-3-7-14)18(20(27-22)15-10-12-23-13-11-15)21-24-16-8-4-5-9-17(16)25-21/h1-13,20H,(H,24,25)(H2,26,27,28)/t20-/m0/s1. The van der Waals surface area contributed by atoms with Gasteiger partial charge in [0.2, 0.25) is 0 Å². The third-order valence-corrected chi connectivity index (χ3v) is 4.82. The smallest absolute Gasteiger partial charge is 0.320 e. The van der Waals surface area contributed by atoms with E-state index in [2.05, 4.69) is 20.6 Å². The zero-order valence-electron chi connectivity index (χ0n) is 14.9. The minimum absolute atomic E-state index is 0.250. The van der Waals surface area contributed by atoms with Crippen LogP contribution in [0.2, 0.25) is 0 Å². The molecule has 1 aliphatic rings. The first kappa shape index (κ1) is 16.3. The van der Waals surface area contributed by atoms with E-state index in [-0.39, 0.29) is 12.1 Å². The molecule has 28 heavy (non-hydrogen) atoms. The fraction of sp³-hybridized carbons (Fsp3) is 0.0455. The zero-order chi connectivity index (χ0) is 18.9. The molecule has 5 rings (SSSR count). The quantitative estimate of drug-likeness (QED) is 0.514. The number of aromatic nitrogens is 3. The van der Waals surface area contributed by atoms with Crippen LogP contribution in [0.4, 0.5) is 4.79 Å². The second-order valence-electron chi connectivity index (χ2n) is 6.57. The molecule has 136 valence electrons. The van der Waals surface area contributed by atoms with Crippen molar-refractivity contribution < 1.29 is 4.79 Å². The number of hydrogen-bond acceptors (Lipinski definition) is 3. The number of para-hydroxylation sites is 2. The van der Waals surface area contributed by atoms with E-state index in [4.69, 9.17) is 4.98 Å². The van der Waals surface area contributed by atoms with Crippen molar-refractivity contribution in [1.82, 2.24) is 25.6 Å². The van der Waals surface area contributed by atoms with Crippen LogP contribution >= 0.6 is 0 Å². The van der Waals surface area contributed by atoms with Crippen molar-refractivity contribution in [1.29, 1.82) is 0 Å². The first-order valence-electron chi connectivity index (χ1n) is 9.02. The van der Waals surface area contributed by atoms with Gasteiger partial charge in [-0.05, 0) is 35.4 Å². The van der Waals surface area contributed by atoms with E-state index >= 15 is 0 Å². The number of benzene rings is 2. The molecule has 2 amide bonds. The predicted molar refractivity (Wildman–Crippen MR) is 108 cm³/mol. The van der Waals surface area contributed by atoms with E-state index < -0.39 is 0 Å². The SMILES string of the molecule is O=C1NC(c2ccccc2)=C(c2nc3ccccc3[nH]2)[C@H](c2ccncc2)N1. The number of imidazole rings is 1. The van der Waals surface area contributed by atoms with Crippen molar-refractivity contribution in [2.24, 2.45) is 0 Å². The summed E-state index contributed by atoms with van der Waals surface area (Å²) < 4.78 is 0. The molecule has 0 aliphatic carbocycles. The van der Waals surface area contributed by atoms with Crippen LogP contribution in [-0.4, -0.2) is 21.0 Å². The summed E-state index contributed by atoms with van der Waals surface area (Å²) in [5.41, 5.74) is 5.31. The summed E-state index contributed by atoms with van der Waals surface area (Å²) >= 11 is 0. The van der Waals surface area contributed by atoms with Gasteiger partial charge in [-0.3, -0.25) is 4.98 Å². The summed E-state index contributed by atoms with van der Waals surface area (Å²) in [7, 11) is 0. The third kappa shape index (κ3) is 2.81. The van der Waals surface area contributed by atoms with E-state index in [0.717, 1.165) is 39.3 Å². The zero-order valence-corrected chi connectivity index (χ0v) is 14.9. The Balaban J connectivity index is 1.78. The number of nitrogens with zero attached hydrogens (tertiary/aromatic N) is 2. The highest BCUT2D eigenvalue weighted by molar-refractivity contribution is 6.02. The van der Waals surface area contributed by atoms with Crippen LogP contribution in [0, 0.1) is 0 Å². The Labute approximate surface area is 161 Å². The van der Waals surface area contributed by atoms with Gasteiger partial charge in [-0.15, -0.1) is 0 Å². The molecule has 0 bridgehead atoms. The molecule has 2 aromatic carbocycles. The second-order valence-corrected chi connectivity index (χ2v) is 6.57. The van der Waals surface area contributed by atoms with Gasteiger partial charge in [-0.1, -0.05) is 42.5 Å². The van der Waals surface area contributed by atoms with Crippen molar-refractivity contribution in [3.8, 4) is 0 Å². The lowest BCUT2D eigenvalue weighted by Gasteiger charge is -2.29. The number of pyridine rings is 1. The molecule has 0 unspecified atom stereocenters. The second kappa shape index (κ2) is 6.66. The van der Waals surface area contributed by atoms with Crippen LogP contribution in [0.3, 0.4) is 0 Å². The van der Waals surface area contributed by atoms with E-state index in [1.54, 1.807) is 12.4 Å². The Kier molecular flexibility index (Phi) is 3.87. The van der Waals surface area contributed by atoms with E-state index in [0.29, 0.717) is 0 Å². The molecule has 1 aliphatic heterocycles. The highest BCUT2D eigenvalue weighted by atomic mass is 16.2. The maximum Gasteiger partial charge on any atom is 0.320 e. The number of amides is 2. The van der Waals surface area contributed by atoms with Crippen LogP contribution in [0.5, 0.6) is 0 Å². The molecule has 3 heterocycles. The average molecular weight is 367 g/mol. The normalized spacial score (nSPS) is 16.7. The number of carbonyl (C=O) groups excluding carboxylic acids is 1. The van der Waals surface area contributed by atoms with Gasteiger partial charge in [-0.2, -0.15) is 0 Å².